The van der Waals surface area contributed by atoms with E-state index in [0.717, 1.165) is 18.4 Å². The van der Waals surface area contributed by atoms with Gasteiger partial charge in [-0.3, -0.25) is 0 Å². The first-order valence-electron chi connectivity index (χ1n) is 13.3. The molecular formula is C29H36ClN5O5S. The smallest absolute Gasteiger partial charge is 0.410 e. The molecule has 0 unspecified atom stereocenters. The number of sulfone groups is 1. The Labute approximate surface area is 246 Å². The van der Waals surface area contributed by atoms with E-state index >= 15 is 0 Å². The van der Waals surface area contributed by atoms with E-state index in [1.165, 1.54) is 12.5 Å². The number of nitrogens with one attached hydrogen (secondary N) is 2. The van der Waals surface area contributed by atoms with Gasteiger partial charge in [-0.2, -0.15) is 4.98 Å². The first-order chi connectivity index (χ1) is 19.3. The van der Waals surface area contributed by atoms with Gasteiger partial charge in [0.05, 0.1) is 24.7 Å². The van der Waals surface area contributed by atoms with Crippen LogP contribution in [0.4, 0.5) is 27.9 Å². The number of para-hydroxylation sites is 1. The van der Waals surface area contributed by atoms with E-state index in [9.17, 15) is 13.2 Å². The van der Waals surface area contributed by atoms with Gasteiger partial charge in [0.1, 0.15) is 16.4 Å². The predicted molar refractivity (Wildman–Crippen MR) is 161 cm³/mol. The normalized spacial score (nSPS) is 14.4. The third kappa shape index (κ3) is 8.46. The lowest BCUT2D eigenvalue weighted by Gasteiger charge is -2.33. The minimum absolute atomic E-state index is 0.118. The Morgan fingerprint density at radius 2 is 1.80 bits per heavy atom. The summed E-state index contributed by atoms with van der Waals surface area (Å²) in [5.41, 5.74) is 2.47. The lowest BCUT2D eigenvalue weighted by Crippen LogP contribution is -2.41. The quantitative estimate of drug-likeness (QED) is 0.307. The molecular weight excluding hydrogens is 566 g/mol. The molecule has 1 amide bonds. The van der Waals surface area contributed by atoms with Crippen LogP contribution >= 0.6 is 11.6 Å². The van der Waals surface area contributed by atoms with Gasteiger partial charge in [-0.15, -0.1) is 0 Å². The highest BCUT2D eigenvalue weighted by Crippen LogP contribution is 2.35. The summed E-state index contributed by atoms with van der Waals surface area (Å²) in [4.78, 5) is 23.0. The highest BCUT2D eigenvalue weighted by molar-refractivity contribution is 7.89. The molecule has 3 aromatic rings. The van der Waals surface area contributed by atoms with Crippen LogP contribution in [0.2, 0.25) is 5.02 Å². The minimum atomic E-state index is -3.24. The Balaban J connectivity index is 1.46. The van der Waals surface area contributed by atoms with Crippen molar-refractivity contribution in [1.82, 2.24) is 14.9 Å². The number of rotatable bonds is 8. The van der Waals surface area contributed by atoms with Crippen molar-refractivity contribution >= 4 is 50.7 Å². The lowest BCUT2D eigenvalue weighted by atomic mass is 9.89. The first-order valence-corrected chi connectivity index (χ1v) is 15.7. The highest BCUT2D eigenvalue weighted by Gasteiger charge is 2.28. The zero-order valence-electron chi connectivity index (χ0n) is 23.9. The number of anilines is 4. The number of amides is 1. The number of carbonyl (C=O) groups is 1. The number of halogens is 1. The summed E-state index contributed by atoms with van der Waals surface area (Å²) in [5, 5.41) is 6.61. The summed E-state index contributed by atoms with van der Waals surface area (Å²) in [6.45, 7) is 6.86. The number of carbonyl (C=O) groups excluding carboxylic acids is 1. The molecule has 0 spiro atoms. The number of methoxy groups -OCH3 is 1. The molecule has 10 nitrogen and oxygen atoms in total. The molecule has 1 aliphatic rings. The fourth-order valence-corrected chi connectivity index (χ4v) is 5.56. The van der Waals surface area contributed by atoms with Gasteiger partial charge in [0, 0.05) is 25.0 Å². The molecule has 0 bridgehead atoms. The summed E-state index contributed by atoms with van der Waals surface area (Å²) in [6.07, 6.45) is 4.03. The Kier molecular flexibility index (Phi) is 9.28. The number of piperidine rings is 1. The zero-order valence-corrected chi connectivity index (χ0v) is 25.5. The van der Waals surface area contributed by atoms with Crippen molar-refractivity contribution in [3.05, 3.63) is 64.8 Å². The van der Waals surface area contributed by atoms with Crippen LogP contribution in [0.1, 0.15) is 50.7 Å². The maximum absolute atomic E-state index is 12.4. The summed E-state index contributed by atoms with van der Waals surface area (Å²) < 4.78 is 34.9. The van der Waals surface area contributed by atoms with E-state index in [0.29, 0.717) is 41.6 Å². The van der Waals surface area contributed by atoms with Crippen molar-refractivity contribution < 1.29 is 22.7 Å². The molecule has 1 saturated heterocycles. The van der Waals surface area contributed by atoms with E-state index < -0.39 is 15.4 Å². The number of benzene rings is 2. The zero-order chi connectivity index (χ0) is 29.8. The maximum atomic E-state index is 12.4. The van der Waals surface area contributed by atoms with E-state index in [-0.39, 0.29) is 28.7 Å². The Hall–Kier alpha value is -3.57. The summed E-state index contributed by atoms with van der Waals surface area (Å²) in [7, 11) is -1.64. The molecule has 2 N–H and O–H groups in total. The number of hydrogen-bond donors (Lipinski definition) is 2. The van der Waals surface area contributed by atoms with Gasteiger partial charge in [0.2, 0.25) is 5.95 Å². The first kappa shape index (κ1) is 30.4. The summed E-state index contributed by atoms with van der Waals surface area (Å²) in [6, 6.07) is 13.0. The van der Waals surface area contributed by atoms with E-state index in [4.69, 9.17) is 21.1 Å². The molecule has 0 aliphatic carbocycles. The predicted octanol–water partition coefficient (Wildman–Crippen LogP) is 6.28. The molecule has 0 atom stereocenters. The Bertz CT molecular complexity index is 1500. The third-order valence-corrected chi connectivity index (χ3v) is 7.63. The van der Waals surface area contributed by atoms with Crippen molar-refractivity contribution in [3.8, 4) is 5.75 Å². The van der Waals surface area contributed by atoms with Crippen LogP contribution in [0, 0.1) is 0 Å². The Morgan fingerprint density at radius 3 is 2.46 bits per heavy atom. The second-order valence-corrected chi connectivity index (χ2v) is 13.6. The molecule has 4 rings (SSSR count). The molecule has 1 aromatic heterocycles. The minimum Gasteiger partial charge on any atom is -0.495 e. The van der Waals surface area contributed by atoms with Crippen LogP contribution in [0.3, 0.4) is 0 Å². The Morgan fingerprint density at radius 1 is 1.10 bits per heavy atom. The number of nitrogens with zero attached hydrogens (tertiary/aromatic N) is 3. The standard InChI is InChI=1S/C29H36ClN5O5S/c1-29(2,3)40-28(36)35-14-12-19(13-15-35)20-10-11-24(25(16-20)39-4)33-27-31-17-22(30)26(34-27)32-23-9-7-6-8-21(23)18-41(5,37)38/h6-11,16-17,19H,12-15,18H2,1-5H3,(H2,31,32,33,34). The van der Waals surface area contributed by atoms with Crippen LogP contribution in [0.5, 0.6) is 5.75 Å². The number of hydrogen-bond acceptors (Lipinski definition) is 9. The third-order valence-electron chi connectivity index (χ3n) is 6.52. The number of ether oxygens (including phenoxy) is 2. The number of likely N-dealkylation sites (tertiary alicyclic amines) is 1. The topological polar surface area (TPSA) is 123 Å². The van der Waals surface area contributed by atoms with Gasteiger partial charge < -0.3 is 25.0 Å². The maximum Gasteiger partial charge on any atom is 0.410 e. The van der Waals surface area contributed by atoms with Gasteiger partial charge in [0.15, 0.2) is 15.7 Å². The summed E-state index contributed by atoms with van der Waals surface area (Å²) >= 11 is 6.37. The fourth-order valence-electron chi connectivity index (χ4n) is 4.60. The lowest BCUT2D eigenvalue weighted by molar-refractivity contribution is 0.0204. The summed E-state index contributed by atoms with van der Waals surface area (Å²) in [5.74, 6) is 1.41. The van der Waals surface area contributed by atoms with E-state index in [1.54, 1.807) is 36.3 Å². The molecule has 2 heterocycles. The average Bonchev–Trinajstić information content (AvgIpc) is 2.90. The molecule has 0 saturated carbocycles. The van der Waals surface area contributed by atoms with Crippen LogP contribution in [0.25, 0.3) is 0 Å². The SMILES string of the molecule is COc1cc(C2CCN(C(=O)OC(C)(C)C)CC2)ccc1Nc1ncc(Cl)c(Nc2ccccc2CS(C)(=O)=O)n1. The van der Waals surface area contributed by atoms with Gasteiger partial charge >= 0.3 is 6.09 Å². The fraction of sp³-hybridized carbons (Fsp3) is 0.414. The molecule has 12 heteroatoms. The molecule has 1 fully saturated rings. The van der Waals surface area contributed by atoms with Crippen LogP contribution in [-0.4, -0.2) is 61.4 Å². The van der Waals surface area contributed by atoms with Crippen LogP contribution in [0.15, 0.2) is 48.7 Å². The van der Waals surface area contributed by atoms with Crippen molar-refractivity contribution in [2.24, 2.45) is 0 Å². The molecule has 0 radical (unpaired) electrons. The molecule has 41 heavy (non-hydrogen) atoms. The van der Waals surface area contributed by atoms with Gasteiger partial charge in [0.25, 0.3) is 0 Å². The second kappa shape index (κ2) is 12.5. The van der Waals surface area contributed by atoms with E-state index in [1.807, 2.05) is 39.0 Å². The van der Waals surface area contributed by atoms with Gasteiger partial charge in [-0.25, -0.2) is 18.2 Å². The van der Waals surface area contributed by atoms with E-state index in [2.05, 4.69) is 20.6 Å². The van der Waals surface area contributed by atoms with Crippen molar-refractivity contribution in [3.63, 3.8) is 0 Å². The largest absolute Gasteiger partial charge is 0.495 e. The molecule has 2 aromatic carbocycles. The average molecular weight is 602 g/mol. The van der Waals surface area contributed by atoms with Crippen LogP contribution in [-0.2, 0) is 20.3 Å². The van der Waals surface area contributed by atoms with Crippen molar-refractivity contribution in [2.45, 2.75) is 50.9 Å². The van der Waals surface area contributed by atoms with Gasteiger partial charge in [-0.1, -0.05) is 35.9 Å². The van der Waals surface area contributed by atoms with Crippen molar-refractivity contribution in [1.29, 1.82) is 0 Å². The van der Waals surface area contributed by atoms with Gasteiger partial charge in [-0.05, 0) is 68.9 Å². The molecule has 1 aliphatic heterocycles. The second-order valence-electron chi connectivity index (χ2n) is 11.1. The highest BCUT2D eigenvalue weighted by atomic mass is 35.5. The molecule has 220 valence electrons. The monoisotopic (exact) mass is 601 g/mol. The number of aromatic nitrogens is 2. The van der Waals surface area contributed by atoms with Crippen LogP contribution < -0.4 is 15.4 Å². The van der Waals surface area contributed by atoms with Crippen molar-refractivity contribution in [2.75, 3.05) is 37.1 Å².